The average Bonchev–Trinajstić information content (AvgIpc) is 3.69. The first-order valence-corrected chi connectivity index (χ1v) is 13.3. The van der Waals surface area contributed by atoms with E-state index in [2.05, 4.69) is 60.7 Å². The Bertz CT molecular complexity index is 1660. The Hall–Kier alpha value is -5.48. The highest BCUT2D eigenvalue weighted by Crippen LogP contribution is 2.35. The molecule has 2 aliphatic heterocycles. The number of benzene rings is 5. The highest BCUT2D eigenvalue weighted by molar-refractivity contribution is 6.22. The Morgan fingerprint density at radius 2 is 0.550 bits per heavy atom. The maximum Gasteiger partial charge on any atom is 0.161 e. The van der Waals surface area contributed by atoms with Crippen LogP contribution in [0.25, 0.3) is 22.8 Å². The van der Waals surface area contributed by atoms with Crippen LogP contribution < -0.4 is 10.6 Å². The maximum atomic E-state index is 5.09. The van der Waals surface area contributed by atoms with Gasteiger partial charge in [0.2, 0.25) is 0 Å². The molecule has 5 aromatic rings. The first-order chi connectivity index (χ1) is 19.8. The molecule has 2 heterocycles. The van der Waals surface area contributed by atoms with Gasteiger partial charge in [-0.15, -0.1) is 0 Å². The lowest BCUT2D eigenvalue weighted by Crippen LogP contribution is -2.19. The van der Waals surface area contributed by atoms with E-state index in [0.29, 0.717) is 11.7 Å². The summed E-state index contributed by atoms with van der Waals surface area (Å²) in [6, 6.07) is 49.0. The monoisotopic (exact) mass is 512 g/mol. The zero-order valence-corrected chi connectivity index (χ0v) is 21.6. The molecular formula is C36H24N4. The van der Waals surface area contributed by atoms with Crippen LogP contribution in [0.4, 0.5) is 0 Å². The third kappa shape index (κ3) is 4.42. The summed E-state index contributed by atoms with van der Waals surface area (Å²) in [7, 11) is 0. The van der Waals surface area contributed by atoms with E-state index in [1.165, 1.54) is 0 Å². The number of rotatable bonds is 6. The second kappa shape index (κ2) is 10.4. The molecular weight excluding hydrogens is 488 g/mol. The molecule has 5 aromatic carbocycles. The molecule has 0 aliphatic carbocycles. The van der Waals surface area contributed by atoms with Crippen LogP contribution in [0.15, 0.2) is 156 Å². The summed E-state index contributed by atoms with van der Waals surface area (Å²) in [4.78, 5) is 10.2. The van der Waals surface area contributed by atoms with E-state index < -0.39 is 0 Å². The average molecular weight is 513 g/mol. The smallest absolute Gasteiger partial charge is 0.161 e. The number of amidine groups is 2. The van der Waals surface area contributed by atoms with Gasteiger partial charge in [-0.3, -0.25) is 0 Å². The van der Waals surface area contributed by atoms with Crippen molar-refractivity contribution < 1.29 is 0 Å². The van der Waals surface area contributed by atoms with Crippen molar-refractivity contribution in [2.75, 3.05) is 0 Å². The Morgan fingerprint density at radius 3 is 0.875 bits per heavy atom. The third-order valence-electron chi connectivity index (χ3n) is 6.92. The van der Waals surface area contributed by atoms with Crippen molar-refractivity contribution in [3.05, 3.63) is 179 Å². The first-order valence-electron chi connectivity index (χ1n) is 13.3. The second-order valence-corrected chi connectivity index (χ2v) is 9.50. The minimum Gasteiger partial charge on any atom is -0.226 e. The van der Waals surface area contributed by atoms with Crippen molar-refractivity contribution in [1.82, 2.24) is 10.6 Å². The predicted molar refractivity (Wildman–Crippen MR) is 163 cm³/mol. The van der Waals surface area contributed by atoms with E-state index in [0.717, 1.165) is 56.2 Å². The van der Waals surface area contributed by atoms with Gasteiger partial charge in [0.25, 0.3) is 0 Å². The van der Waals surface area contributed by atoms with Gasteiger partial charge >= 0.3 is 0 Å². The van der Waals surface area contributed by atoms with E-state index in [4.69, 9.17) is 20.6 Å². The van der Waals surface area contributed by atoms with Gasteiger partial charge in [0.1, 0.15) is 0 Å². The highest BCUT2D eigenvalue weighted by atomic mass is 15.1. The maximum absolute atomic E-state index is 5.09. The van der Waals surface area contributed by atoms with E-state index >= 15 is 0 Å². The summed E-state index contributed by atoms with van der Waals surface area (Å²) < 4.78 is 0. The Balaban J connectivity index is 1.31. The summed E-state index contributed by atoms with van der Waals surface area (Å²) in [5.74, 6) is 1.31. The fourth-order valence-corrected chi connectivity index (χ4v) is 4.99. The van der Waals surface area contributed by atoms with E-state index in [9.17, 15) is 0 Å². The number of hydrogen-bond donors (Lipinski definition) is 0. The van der Waals surface area contributed by atoms with Crippen molar-refractivity contribution in [1.29, 1.82) is 0 Å². The molecule has 188 valence electrons. The third-order valence-corrected chi connectivity index (χ3v) is 6.92. The molecule has 0 atom stereocenters. The molecule has 0 saturated carbocycles. The van der Waals surface area contributed by atoms with Gasteiger partial charge in [-0.05, 0) is 0 Å². The SMILES string of the molecule is c1ccc(C2=C(c3ccccc3)N=C(c3ccccc3C3=NC(c4ccccc4)=C(c4ccccc4)[N]3)[N]2)cc1. The molecule has 4 heteroatoms. The van der Waals surface area contributed by atoms with Crippen LogP contribution in [-0.4, -0.2) is 11.7 Å². The van der Waals surface area contributed by atoms with Crippen LogP contribution in [0.2, 0.25) is 0 Å². The molecule has 2 aliphatic rings. The van der Waals surface area contributed by atoms with Gasteiger partial charge in [0, 0.05) is 33.4 Å². The quantitative estimate of drug-likeness (QED) is 0.227. The summed E-state index contributed by atoms with van der Waals surface area (Å²) in [5.41, 5.74) is 9.33. The van der Waals surface area contributed by atoms with Crippen LogP contribution in [-0.2, 0) is 0 Å². The predicted octanol–water partition coefficient (Wildman–Crippen LogP) is 7.47. The van der Waals surface area contributed by atoms with Gasteiger partial charge in [-0.1, -0.05) is 146 Å². The standard InChI is InChI=1S/C36H24N4/c1-5-15-25(16-6-1)31-32(26-17-7-2-8-18-26)38-35(37-31)29-23-13-14-24-30(29)36-39-33(27-19-9-3-10-20-27)34(40-36)28-21-11-4-12-22-28/h1-24H. The fraction of sp³-hybridized carbons (Fsp3) is 0. The van der Waals surface area contributed by atoms with Crippen LogP contribution in [0, 0.1) is 0 Å². The zero-order valence-electron chi connectivity index (χ0n) is 21.6. The zero-order chi connectivity index (χ0) is 26.7. The van der Waals surface area contributed by atoms with Crippen LogP contribution in [0.3, 0.4) is 0 Å². The van der Waals surface area contributed by atoms with Crippen LogP contribution >= 0.6 is 0 Å². The number of nitrogens with zero attached hydrogens (tertiary/aromatic N) is 4. The van der Waals surface area contributed by atoms with Crippen molar-refractivity contribution in [3.63, 3.8) is 0 Å². The summed E-state index contributed by atoms with van der Waals surface area (Å²) in [6.07, 6.45) is 0. The Morgan fingerprint density at radius 1 is 0.275 bits per heavy atom. The second-order valence-electron chi connectivity index (χ2n) is 9.50. The fourth-order valence-electron chi connectivity index (χ4n) is 4.99. The van der Waals surface area contributed by atoms with E-state index in [1.54, 1.807) is 0 Å². The molecule has 2 radical (unpaired) electrons. The van der Waals surface area contributed by atoms with Crippen molar-refractivity contribution in [3.8, 4) is 0 Å². The molecule has 0 N–H and O–H groups in total. The molecule has 0 saturated heterocycles. The molecule has 0 unspecified atom stereocenters. The lowest BCUT2D eigenvalue weighted by Gasteiger charge is -2.10. The Kier molecular flexibility index (Phi) is 6.11. The molecule has 0 amide bonds. The lowest BCUT2D eigenvalue weighted by molar-refractivity contribution is 1.27. The molecule has 0 fully saturated rings. The first kappa shape index (κ1) is 23.6. The largest absolute Gasteiger partial charge is 0.226 e. The molecule has 0 spiro atoms. The highest BCUT2D eigenvalue weighted by Gasteiger charge is 2.29. The summed E-state index contributed by atoms with van der Waals surface area (Å²) >= 11 is 0. The van der Waals surface area contributed by atoms with E-state index in [1.807, 2.05) is 84.9 Å². The summed E-state index contributed by atoms with van der Waals surface area (Å²) in [6.45, 7) is 0. The Labute approximate surface area is 233 Å². The lowest BCUT2D eigenvalue weighted by atomic mass is 10.0. The van der Waals surface area contributed by atoms with Crippen molar-refractivity contribution in [2.24, 2.45) is 9.98 Å². The van der Waals surface area contributed by atoms with Crippen LogP contribution in [0.5, 0.6) is 0 Å². The van der Waals surface area contributed by atoms with Gasteiger partial charge in [0.15, 0.2) is 11.7 Å². The number of aliphatic imine (C=N–C) groups is 2. The number of hydrogen-bond acceptors (Lipinski definition) is 2. The summed E-state index contributed by atoms with van der Waals surface area (Å²) in [5, 5.41) is 10.2. The van der Waals surface area contributed by atoms with Gasteiger partial charge in [-0.2, -0.15) is 0 Å². The van der Waals surface area contributed by atoms with Crippen molar-refractivity contribution >= 4 is 34.5 Å². The molecule has 0 bridgehead atoms. The van der Waals surface area contributed by atoms with Gasteiger partial charge < -0.3 is 0 Å². The molecule has 0 aromatic heterocycles. The molecule has 7 rings (SSSR count). The molecule has 4 nitrogen and oxygen atoms in total. The molecule has 40 heavy (non-hydrogen) atoms. The van der Waals surface area contributed by atoms with Gasteiger partial charge in [0.05, 0.1) is 22.8 Å². The van der Waals surface area contributed by atoms with Crippen LogP contribution in [0.1, 0.15) is 33.4 Å². The van der Waals surface area contributed by atoms with Gasteiger partial charge in [-0.25, -0.2) is 20.6 Å². The normalized spacial score (nSPS) is 14.5. The van der Waals surface area contributed by atoms with E-state index in [-0.39, 0.29) is 0 Å². The minimum atomic E-state index is 0.653. The van der Waals surface area contributed by atoms with Crippen molar-refractivity contribution in [2.45, 2.75) is 0 Å². The topological polar surface area (TPSA) is 52.9 Å². The minimum absolute atomic E-state index is 0.653.